The van der Waals surface area contributed by atoms with E-state index in [2.05, 4.69) is 5.32 Å². The molecule has 2 aliphatic rings. The van der Waals surface area contributed by atoms with Gasteiger partial charge in [-0.2, -0.15) is 26.3 Å². The predicted octanol–water partition coefficient (Wildman–Crippen LogP) is 6.17. The van der Waals surface area contributed by atoms with Crippen molar-refractivity contribution < 1.29 is 40.6 Å². The highest BCUT2D eigenvalue weighted by Gasteiger charge is 2.38. The van der Waals surface area contributed by atoms with Gasteiger partial charge in [0.25, 0.3) is 0 Å². The smallest absolute Gasteiger partial charge is 0.416 e. The number of methoxy groups -OCH3 is 1. The lowest BCUT2D eigenvalue weighted by molar-refractivity contribution is -0.143. The molecule has 1 amide bonds. The molecule has 0 spiro atoms. The number of alkyl halides is 6. The second-order valence-corrected chi connectivity index (χ2v) is 8.45. The van der Waals surface area contributed by atoms with Crippen LogP contribution < -0.4 is 10.1 Å². The molecule has 34 heavy (non-hydrogen) atoms. The number of ether oxygens (including phenoxy) is 2. The van der Waals surface area contributed by atoms with E-state index < -0.39 is 42.2 Å². The molecule has 0 saturated heterocycles. The summed E-state index contributed by atoms with van der Waals surface area (Å²) in [7, 11) is 1.11. The van der Waals surface area contributed by atoms with Crippen LogP contribution in [0, 0.1) is 0 Å². The second kappa shape index (κ2) is 8.59. The van der Waals surface area contributed by atoms with E-state index in [0.29, 0.717) is 42.9 Å². The fraction of sp³-hybridized carbons (Fsp3) is 0.435. The van der Waals surface area contributed by atoms with Crippen molar-refractivity contribution in [3.8, 4) is 5.75 Å². The van der Waals surface area contributed by atoms with Crippen molar-refractivity contribution in [2.45, 2.75) is 50.7 Å². The molecule has 0 unspecified atom stereocenters. The predicted molar refractivity (Wildman–Crippen MR) is 110 cm³/mol. The van der Waals surface area contributed by atoms with Crippen LogP contribution in [0.15, 0.2) is 30.3 Å². The summed E-state index contributed by atoms with van der Waals surface area (Å²) in [6.45, 7) is 1.87. The zero-order chi connectivity index (χ0) is 24.8. The minimum Gasteiger partial charge on any atom is -0.493 e. The van der Waals surface area contributed by atoms with Gasteiger partial charge in [0, 0.05) is 30.3 Å². The Labute approximate surface area is 191 Å². The van der Waals surface area contributed by atoms with E-state index in [-0.39, 0.29) is 17.7 Å². The Morgan fingerprint density at radius 2 is 1.74 bits per heavy atom. The summed E-state index contributed by atoms with van der Waals surface area (Å²) < 4.78 is 90.5. The van der Waals surface area contributed by atoms with Gasteiger partial charge >= 0.3 is 18.4 Å². The molecule has 2 aromatic rings. The van der Waals surface area contributed by atoms with Gasteiger partial charge in [0.15, 0.2) is 0 Å². The van der Waals surface area contributed by atoms with Gasteiger partial charge in [0.1, 0.15) is 5.75 Å². The number of benzene rings is 2. The Morgan fingerprint density at radius 3 is 2.32 bits per heavy atom. The van der Waals surface area contributed by atoms with Crippen LogP contribution in [0.2, 0.25) is 0 Å². The number of anilines is 1. The van der Waals surface area contributed by atoms with E-state index in [0.717, 1.165) is 23.3 Å². The Hall–Kier alpha value is -3.11. The van der Waals surface area contributed by atoms with Crippen molar-refractivity contribution in [3.05, 3.63) is 58.1 Å². The number of carbonyl (C=O) groups excluding carboxylic acids is 1. The summed E-state index contributed by atoms with van der Waals surface area (Å²) in [6.07, 6.45) is -9.75. The Bertz CT molecular complexity index is 1070. The lowest BCUT2D eigenvalue weighted by atomic mass is 9.90. The van der Waals surface area contributed by atoms with E-state index >= 15 is 0 Å². The Balaban J connectivity index is 1.77. The Kier molecular flexibility index (Phi) is 6.07. The van der Waals surface area contributed by atoms with Crippen molar-refractivity contribution in [2.75, 3.05) is 19.0 Å². The summed E-state index contributed by atoms with van der Waals surface area (Å²) >= 11 is 0. The largest absolute Gasteiger partial charge is 0.493 e. The highest BCUT2D eigenvalue weighted by atomic mass is 19.4. The molecule has 0 aromatic heterocycles. The first-order valence-electron chi connectivity index (χ1n) is 10.6. The number of hydrogen-bond donors (Lipinski definition) is 1. The van der Waals surface area contributed by atoms with Crippen LogP contribution in [-0.2, 0) is 30.1 Å². The van der Waals surface area contributed by atoms with E-state index in [1.165, 1.54) is 0 Å². The maximum atomic E-state index is 13.3. The third-order valence-electron chi connectivity index (χ3n) is 5.99. The minimum atomic E-state index is -4.99. The molecule has 2 aliphatic heterocycles. The molecular weight excluding hydrogens is 466 g/mol. The van der Waals surface area contributed by atoms with Crippen molar-refractivity contribution in [2.24, 2.45) is 0 Å². The van der Waals surface area contributed by atoms with Crippen LogP contribution >= 0.6 is 0 Å². The average molecular weight is 488 g/mol. The first-order chi connectivity index (χ1) is 15.9. The van der Waals surface area contributed by atoms with E-state index in [9.17, 15) is 31.1 Å². The molecule has 0 radical (unpaired) electrons. The molecule has 0 fully saturated rings. The van der Waals surface area contributed by atoms with Crippen LogP contribution in [-0.4, -0.2) is 30.8 Å². The monoisotopic (exact) mass is 488 g/mol. The van der Waals surface area contributed by atoms with Gasteiger partial charge in [0.2, 0.25) is 0 Å². The van der Waals surface area contributed by atoms with Gasteiger partial charge in [-0.1, -0.05) is 0 Å². The molecule has 184 valence electrons. The number of nitrogens with zero attached hydrogens (tertiary/aromatic N) is 1. The number of halogens is 6. The van der Waals surface area contributed by atoms with Crippen molar-refractivity contribution in [3.63, 3.8) is 0 Å². The molecule has 1 N–H and O–H groups in total. The van der Waals surface area contributed by atoms with Gasteiger partial charge in [-0.25, -0.2) is 4.79 Å². The zero-order valence-corrected chi connectivity index (χ0v) is 18.3. The van der Waals surface area contributed by atoms with Gasteiger partial charge in [-0.3, -0.25) is 4.90 Å². The van der Waals surface area contributed by atoms with E-state index in [1.54, 1.807) is 6.07 Å². The van der Waals surface area contributed by atoms with Crippen LogP contribution in [0.3, 0.4) is 0 Å². The van der Waals surface area contributed by atoms with Gasteiger partial charge < -0.3 is 14.8 Å². The quantitative estimate of drug-likeness (QED) is 0.525. The highest BCUT2D eigenvalue weighted by Crippen LogP contribution is 2.43. The molecular formula is C23H22F6N2O3. The zero-order valence-electron chi connectivity index (χ0n) is 18.3. The summed E-state index contributed by atoms with van der Waals surface area (Å²) in [5.41, 5.74) is -0.803. The first kappa shape index (κ1) is 24.0. The molecule has 0 saturated carbocycles. The molecule has 2 atom stereocenters. The van der Waals surface area contributed by atoms with Gasteiger partial charge in [0.05, 0.1) is 30.9 Å². The van der Waals surface area contributed by atoms with Crippen LogP contribution in [0.25, 0.3) is 0 Å². The summed E-state index contributed by atoms with van der Waals surface area (Å²) in [4.78, 5) is 13.9. The Morgan fingerprint density at radius 1 is 1.09 bits per heavy atom. The van der Waals surface area contributed by atoms with E-state index in [1.807, 2.05) is 13.0 Å². The fourth-order valence-electron chi connectivity index (χ4n) is 4.45. The molecule has 2 heterocycles. The fourth-order valence-corrected chi connectivity index (χ4v) is 4.45. The van der Waals surface area contributed by atoms with Crippen LogP contribution in [0.5, 0.6) is 5.75 Å². The van der Waals surface area contributed by atoms with Crippen molar-refractivity contribution in [1.29, 1.82) is 0 Å². The molecule has 5 nitrogen and oxygen atoms in total. The third kappa shape index (κ3) is 4.74. The average Bonchev–Trinajstić information content (AvgIpc) is 3.21. The maximum absolute atomic E-state index is 13.3. The number of fused-ring (bicyclic) bond motifs is 2. The van der Waals surface area contributed by atoms with Gasteiger partial charge in [-0.05, 0) is 54.8 Å². The topological polar surface area (TPSA) is 50.8 Å². The molecule has 11 heteroatoms. The summed E-state index contributed by atoms with van der Waals surface area (Å²) in [5, 5.41) is 3.32. The summed E-state index contributed by atoms with van der Waals surface area (Å²) in [6, 6.07) is 4.22. The number of rotatable bonds is 3. The first-order valence-corrected chi connectivity index (χ1v) is 10.6. The lowest BCUT2D eigenvalue weighted by Crippen LogP contribution is -2.40. The van der Waals surface area contributed by atoms with Crippen LogP contribution in [0.4, 0.5) is 36.8 Å². The highest BCUT2D eigenvalue weighted by molar-refractivity contribution is 5.70. The lowest BCUT2D eigenvalue weighted by Gasteiger charge is -2.38. The normalized spacial score (nSPS) is 19.5. The standard InChI is InChI=1S/C23H22F6N2O3/c1-12-5-19(17-10-20-14(3-4-34-20)8-18(17)30-12)31(21(32)33-2)11-13-6-15(22(24,25)26)9-16(7-13)23(27,28)29/h6-10,12,19,30H,3-5,11H2,1-2H3/t12-,19+/m1/s1. The van der Waals surface area contributed by atoms with Crippen molar-refractivity contribution in [1.82, 2.24) is 4.90 Å². The SMILES string of the molecule is COC(=O)N(Cc1cc(C(F)(F)F)cc(C(F)(F)F)c1)[C@H]1C[C@@H](C)Nc2cc3c(cc21)OCC3. The number of amides is 1. The van der Waals surface area contributed by atoms with Crippen molar-refractivity contribution >= 4 is 11.8 Å². The molecule has 0 aliphatic carbocycles. The van der Waals surface area contributed by atoms with Crippen LogP contribution in [0.1, 0.15) is 47.2 Å². The molecule has 2 aromatic carbocycles. The third-order valence-corrected chi connectivity index (χ3v) is 5.99. The second-order valence-electron chi connectivity index (χ2n) is 8.45. The molecule has 0 bridgehead atoms. The summed E-state index contributed by atoms with van der Waals surface area (Å²) in [5.74, 6) is 0.642. The molecule has 4 rings (SSSR count). The number of carbonyl (C=O) groups is 1. The van der Waals surface area contributed by atoms with E-state index in [4.69, 9.17) is 9.47 Å². The minimum absolute atomic E-state index is 0.0640. The number of hydrogen-bond acceptors (Lipinski definition) is 4. The van der Waals surface area contributed by atoms with Gasteiger partial charge in [-0.15, -0.1) is 0 Å². The maximum Gasteiger partial charge on any atom is 0.416 e. The number of nitrogens with one attached hydrogen (secondary N) is 1.